The van der Waals surface area contributed by atoms with Crippen molar-refractivity contribution in [1.29, 1.82) is 0 Å². The predicted octanol–water partition coefficient (Wildman–Crippen LogP) is 3.16. The molecule has 30 heavy (non-hydrogen) atoms. The third kappa shape index (κ3) is 4.41. The topological polar surface area (TPSA) is 79.2 Å². The van der Waals surface area contributed by atoms with E-state index in [-0.39, 0.29) is 16.5 Å². The van der Waals surface area contributed by atoms with E-state index in [1.807, 2.05) is 40.1 Å². The number of anilines is 2. The van der Waals surface area contributed by atoms with Crippen molar-refractivity contribution in [2.75, 3.05) is 62.3 Å². The third-order valence-corrected chi connectivity index (χ3v) is 6.06. The minimum atomic E-state index is -0.330. The van der Waals surface area contributed by atoms with Gasteiger partial charge in [-0.2, -0.15) is 0 Å². The molecule has 1 amide bonds. The second kappa shape index (κ2) is 9.01. The highest BCUT2D eigenvalue weighted by atomic mass is 79.9. The van der Waals surface area contributed by atoms with Gasteiger partial charge < -0.3 is 19.4 Å². The van der Waals surface area contributed by atoms with Crippen LogP contribution in [-0.4, -0.2) is 68.2 Å². The first-order valence-electron chi connectivity index (χ1n) is 9.94. The van der Waals surface area contributed by atoms with Crippen molar-refractivity contribution in [3.05, 3.63) is 62.6 Å². The molecule has 8 nitrogen and oxygen atoms in total. The fourth-order valence-electron chi connectivity index (χ4n) is 3.86. The lowest BCUT2D eigenvalue weighted by Gasteiger charge is -2.37. The highest BCUT2D eigenvalue weighted by molar-refractivity contribution is 9.10. The highest BCUT2D eigenvalue weighted by Gasteiger charge is 2.26. The van der Waals surface area contributed by atoms with E-state index in [2.05, 4.69) is 20.8 Å². The van der Waals surface area contributed by atoms with Crippen LogP contribution in [0.3, 0.4) is 0 Å². The van der Waals surface area contributed by atoms with Crippen LogP contribution in [-0.2, 0) is 4.74 Å². The normalized spacial score (nSPS) is 17.2. The summed E-state index contributed by atoms with van der Waals surface area (Å²) in [4.78, 5) is 30.0. The number of halogens is 1. The van der Waals surface area contributed by atoms with Gasteiger partial charge in [-0.1, -0.05) is 15.9 Å². The minimum absolute atomic E-state index is 0.0276. The van der Waals surface area contributed by atoms with Crippen LogP contribution in [0.15, 0.2) is 46.9 Å². The summed E-state index contributed by atoms with van der Waals surface area (Å²) < 4.78 is 6.33. The number of benzene rings is 2. The van der Waals surface area contributed by atoms with Gasteiger partial charge in [-0.3, -0.25) is 14.9 Å². The van der Waals surface area contributed by atoms with Crippen LogP contribution in [0, 0.1) is 10.1 Å². The molecule has 2 aliphatic rings. The Morgan fingerprint density at radius 3 is 2.23 bits per heavy atom. The van der Waals surface area contributed by atoms with Crippen molar-refractivity contribution >= 4 is 38.9 Å². The molecule has 2 fully saturated rings. The molecule has 2 saturated heterocycles. The molecule has 2 aromatic carbocycles. The molecule has 0 aliphatic carbocycles. The number of piperazine rings is 1. The predicted molar refractivity (Wildman–Crippen MR) is 118 cm³/mol. The zero-order chi connectivity index (χ0) is 21.1. The molecule has 4 rings (SSSR count). The second-order valence-electron chi connectivity index (χ2n) is 7.32. The fraction of sp³-hybridized carbons (Fsp3) is 0.381. The van der Waals surface area contributed by atoms with Gasteiger partial charge in [-0.05, 0) is 36.4 Å². The second-order valence-corrected chi connectivity index (χ2v) is 8.23. The van der Waals surface area contributed by atoms with Crippen LogP contribution in [0.4, 0.5) is 17.1 Å². The Bertz CT molecular complexity index is 923. The van der Waals surface area contributed by atoms with Crippen molar-refractivity contribution in [3.63, 3.8) is 0 Å². The molecular formula is C21H23BrN4O4. The summed E-state index contributed by atoms with van der Waals surface area (Å²) in [7, 11) is 0. The van der Waals surface area contributed by atoms with E-state index in [1.165, 1.54) is 0 Å². The highest BCUT2D eigenvalue weighted by Crippen LogP contribution is 2.33. The number of nitro groups is 1. The average Bonchev–Trinajstić information content (AvgIpc) is 2.79. The van der Waals surface area contributed by atoms with E-state index in [0.29, 0.717) is 63.7 Å². The van der Waals surface area contributed by atoms with Crippen molar-refractivity contribution in [1.82, 2.24) is 4.90 Å². The Balaban J connectivity index is 1.47. The van der Waals surface area contributed by atoms with E-state index in [9.17, 15) is 14.9 Å². The Morgan fingerprint density at radius 2 is 1.60 bits per heavy atom. The molecule has 0 aromatic heterocycles. The molecule has 158 valence electrons. The van der Waals surface area contributed by atoms with Gasteiger partial charge in [-0.15, -0.1) is 0 Å². The van der Waals surface area contributed by atoms with Gasteiger partial charge in [0.25, 0.3) is 11.6 Å². The number of carbonyl (C=O) groups excluding carboxylic acids is 1. The molecule has 0 N–H and O–H groups in total. The molecular weight excluding hydrogens is 452 g/mol. The van der Waals surface area contributed by atoms with E-state index in [1.54, 1.807) is 12.1 Å². The summed E-state index contributed by atoms with van der Waals surface area (Å²) in [6.45, 7) is 5.00. The maximum absolute atomic E-state index is 12.7. The Labute approximate surface area is 183 Å². The largest absolute Gasteiger partial charge is 0.378 e. The molecule has 0 spiro atoms. The molecule has 0 saturated carbocycles. The van der Waals surface area contributed by atoms with Gasteiger partial charge in [-0.25, -0.2) is 0 Å². The number of hydrogen-bond acceptors (Lipinski definition) is 6. The lowest BCUT2D eigenvalue weighted by molar-refractivity contribution is -0.384. The average molecular weight is 475 g/mol. The molecule has 2 heterocycles. The summed E-state index contributed by atoms with van der Waals surface area (Å²) in [5.74, 6) is 0.0276. The monoisotopic (exact) mass is 474 g/mol. The molecule has 0 atom stereocenters. The van der Waals surface area contributed by atoms with Crippen molar-refractivity contribution in [3.8, 4) is 0 Å². The van der Waals surface area contributed by atoms with Crippen LogP contribution in [0.5, 0.6) is 0 Å². The molecule has 0 radical (unpaired) electrons. The summed E-state index contributed by atoms with van der Waals surface area (Å²) in [5, 5.41) is 11.5. The standard InChI is InChI=1S/C21H23BrN4O4/c22-17-3-1-16(2-4-17)21(27)25-9-7-23(8-10-25)18-5-6-19(26(28)29)20(15-18)24-11-13-30-14-12-24/h1-6,15H,7-14H2. The number of amides is 1. The van der Waals surface area contributed by atoms with Gasteiger partial charge in [0.05, 0.1) is 18.1 Å². The van der Waals surface area contributed by atoms with E-state index in [4.69, 9.17) is 4.74 Å². The zero-order valence-electron chi connectivity index (χ0n) is 16.5. The minimum Gasteiger partial charge on any atom is -0.378 e. The maximum Gasteiger partial charge on any atom is 0.292 e. The van der Waals surface area contributed by atoms with Crippen LogP contribution < -0.4 is 9.80 Å². The lowest BCUT2D eigenvalue weighted by Crippen LogP contribution is -2.48. The Kier molecular flexibility index (Phi) is 6.19. The number of rotatable bonds is 4. The number of nitrogens with zero attached hydrogens (tertiary/aromatic N) is 4. The first-order chi connectivity index (χ1) is 14.5. The fourth-order valence-corrected chi connectivity index (χ4v) is 4.13. The lowest BCUT2D eigenvalue weighted by atomic mass is 10.1. The van der Waals surface area contributed by atoms with Crippen LogP contribution >= 0.6 is 15.9 Å². The molecule has 0 bridgehead atoms. The maximum atomic E-state index is 12.7. The molecule has 0 unspecified atom stereocenters. The quantitative estimate of drug-likeness (QED) is 0.500. The van der Waals surface area contributed by atoms with Gasteiger partial charge >= 0.3 is 0 Å². The van der Waals surface area contributed by atoms with Gasteiger partial charge in [0.2, 0.25) is 0 Å². The van der Waals surface area contributed by atoms with Crippen LogP contribution in [0.2, 0.25) is 0 Å². The first kappa shape index (κ1) is 20.6. The number of hydrogen-bond donors (Lipinski definition) is 0. The van der Waals surface area contributed by atoms with Gasteiger partial charge in [0.1, 0.15) is 5.69 Å². The zero-order valence-corrected chi connectivity index (χ0v) is 18.1. The van der Waals surface area contributed by atoms with Gasteiger partial charge in [0, 0.05) is 61.1 Å². The Morgan fingerprint density at radius 1 is 0.933 bits per heavy atom. The van der Waals surface area contributed by atoms with Crippen molar-refractivity contribution in [2.24, 2.45) is 0 Å². The molecule has 2 aromatic rings. The van der Waals surface area contributed by atoms with Crippen molar-refractivity contribution in [2.45, 2.75) is 0 Å². The van der Waals surface area contributed by atoms with Crippen LogP contribution in [0.1, 0.15) is 10.4 Å². The number of morpholine rings is 1. The van der Waals surface area contributed by atoms with Crippen LogP contribution in [0.25, 0.3) is 0 Å². The summed E-state index contributed by atoms with van der Waals surface area (Å²) >= 11 is 3.39. The van der Waals surface area contributed by atoms with E-state index in [0.717, 1.165) is 10.2 Å². The van der Waals surface area contributed by atoms with E-state index >= 15 is 0 Å². The first-order valence-corrected chi connectivity index (χ1v) is 10.7. The molecule has 9 heteroatoms. The summed E-state index contributed by atoms with van der Waals surface area (Å²) in [5.41, 5.74) is 2.37. The third-order valence-electron chi connectivity index (χ3n) is 5.53. The van der Waals surface area contributed by atoms with Crippen molar-refractivity contribution < 1.29 is 14.5 Å². The Hall–Kier alpha value is -2.65. The molecule has 2 aliphatic heterocycles. The summed E-state index contributed by atoms with van der Waals surface area (Å²) in [6, 6.07) is 12.7. The number of ether oxygens (including phenoxy) is 1. The number of carbonyl (C=O) groups is 1. The number of nitro benzene ring substituents is 1. The van der Waals surface area contributed by atoms with E-state index < -0.39 is 0 Å². The summed E-state index contributed by atoms with van der Waals surface area (Å²) in [6.07, 6.45) is 0. The van der Waals surface area contributed by atoms with Gasteiger partial charge in [0.15, 0.2) is 0 Å². The smallest absolute Gasteiger partial charge is 0.292 e. The SMILES string of the molecule is O=C(c1ccc(Br)cc1)N1CCN(c2ccc([N+](=O)[O-])c(N3CCOCC3)c2)CC1.